The first kappa shape index (κ1) is 12.1. The molecule has 1 aromatic carbocycles. The van der Waals surface area contributed by atoms with Crippen LogP contribution in [0.5, 0.6) is 0 Å². The number of carbonyl (C=O) groups excluding carboxylic acids is 1. The van der Waals surface area contributed by atoms with E-state index in [2.05, 4.69) is 5.32 Å². The Morgan fingerprint density at radius 3 is 2.65 bits per heavy atom. The van der Waals surface area contributed by atoms with E-state index in [9.17, 15) is 4.79 Å². The van der Waals surface area contributed by atoms with E-state index in [0.717, 1.165) is 24.1 Å². The van der Waals surface area contributed by atoms with Gasteiger partial charge in [-0.25, -0.2) is 0 Å². The Morgan fingerprint density at radius 1 is 1.35 bits per heavy atom. The lowest BCUT2D eigenvalue weighted by Gasteiger charge is -2.18. The molecule has 3 N–H and O–H groups in total. The van der Waals surface area contributed by atoms with Crippen molar-refractivity contribution in [3.8, 4) is 0 Å². The number of hydrogen-bond acceptors (Lipinski definition) is 2. The van der Waals surface area contributed by atoms with Crippen molar-refractivity contribution in [1.29, 1.82) is 0 Å². The van der Waals surface area contributed by atoms with Crippen molar-refractivity contribution in [2.45, 2.75) is 38.6 Å². The fourth-order valence-electron chi connectivity index (χ4n) is 2.46. The Hall–Kier alpha value is -1.35. The second-order valence-corrected chi connectivity index (χ2v) is 4.87. The van der Waals surface area contributed by atoms with Crippen LogP contribution in [0.1, 0.15) is 31.2 Å². The van der Waals surface area contributed by atoms with E-state index in [0.29, 0.717) is 5.92 Å². The molecule has 1 fully saturated rings. The van der Waals surface area contributed by atoms with Crippen LogP contribution in [0.2, 0.25) is 0 Å². The molecule has 0 heterocycles. The maximum Gasteiger partial charge on any atom is 0.241 e. The van der Waals surface area contributed by atoms with Crippen molar-refractivity contribution >= 4 is 11.6 Å². The quantitative estimate of drug-likeness (QED) is 0.841. The van der Waals surface area contributed by atoms with E-state index in [1.807, 2.05) is 31.2 Å². The molecule has 3 heteroatoms. The molecule has 1 atom stereocenters. The highest BCUT2D eigenvalue weighted by Gasteiger charge is 2.27. The van der Waals surface area contributed by atoms with Crippen LogP contribution in [-0.4, -0.2) is 11.9 Å². The molecular formula is C14H20N2O. The zero-order valence-corrected chi connectivity index (χ0v) is 10.3. The van der Waals surface area contributed by atoms with Gasteiger partial charge in [-0.2, -0.15) is 0 Å². The third-order valence-corrected chi connectivity index (χ3v) is 3.61. The fourth-order valence-corrected chi connectivity index (χ4v) is 2.46. The van der Waals surface area contributed by atoms with Crippen molar-refractivity contribution in [1.82, 2.24) is 0 Å². The lowest BCUT2D eigenvalue weighted by atomic mass is 9.98. The number of rotatable bonds is 3. The van der Waals surface area contributed by atoms with Crippen molar-refractivity contribution in [3.63, 3.8) is 0 Å². The monoisotopic (exact) mass is 232 g/mol. The summed E-state index contributed by atoms with van der Waals surface area (Å²) in [5, 5.41) is 2.92. The maximum atomic E-state index is 12.0. The molecule has 0 bridgehead atoms. The van der Waals surface area contributed by atoms with Gasteiger partial charge in [0.05, 0.1) is 6.04 Å². The molecule has 92 valence electrons. The highest BCUT2D eigenvalue weighted by atomic mass is 16.2. The first-order valence-electron chi connectivity index (χ1n) is 6.30. The zero-order valence-electron chi connectivity index (χ0n) is 10.3. The van der Waals surface area contributed by atoms with Gasteiger partial charge in [0.2, 0.25) is 5.91 Å². The van der Waals surface area contributed by atoms with Crippen molar-refractivity contribution in [2.24, 2.45) is 11.7 Å². The minimum atomic E-state index is -0.364. The Morgan fingerprint density at radius 2 is 2.00 bits per heavy atom. The van der Waals surface area contributed by atoms with Gasteiger partial charge in [-0.15, -0.1) is 0 Å². The average Bonchev–Trinajstić information content (AvgIpc) is 2.84. The zero-order chi connectivity index (χ0) is 12.3. The molecule has 1 aliphatic rings. The van der Waals surface area contributed by atoms with E-state index in [4.69, 9.17) is 5.73 Å². The number of benzene rings is 1. The van der Waals surface area contributed by atoms with Crippen LogP contribution in [-0.2, 0) is 4.79 Å². The molecular weight excluding hydrogens is 212 g/mol. The SMILES string of the molecule is Cc1ccccc1NC(=O)C(N)C1CCCC1. The normalized spacial score (nSPS) is 18.0. The van der Waals surface area contributed by atoms with Crippen LogP contribution in [0.3, 0.4) is 0 Å². The van der Waals surface area contributed by atoms with Crippen molar-refractivity contribution < 1.29 is 4.79 Å². The molecule has 2 rings (SSSR count). The smallest absolute Gasteiger partial charge is 0.241 e. The lowest BCUT2D eigenvalue weighted by Crippen LogP contribution is -2.41. The van der Waals surface area contributed by atoms with Gasteiger partial charge in [0.1, 0.15) is 0 Å². The number of carbonyl (C=O) groups is 1. The van der Waals surface area contributed by atoms with Crippen LogP contribution < -0.4 is 11.1 Å². The van der Waals surface area contributed by atoms with Crippen LogP contribution in [0.15, 0.2) is 24.3 Å². The summed E-state index contributed by atoms with van der Waals surface area (Å²) in [6, 6.07) is 7.41. The molecule has 17 heavy (non-hydrogen) atoms. The number of aryl methyl sites for hydroxylation is 1. The topological polar surface area (TPSA) is 55.1 Å². The third kappa shape index (κ3) is 2.86. The summed E-state index contributed by atoms with van der Waals surface area (Å²) in [6.45, 7) is 1.98. The Labute approximate surface area is 102 Å². The molecule has 0 aliphatic heterocycles. The summed E-state index contributed by atoms with van der Waals surface area (Å²) in [5.41, 5.74) is 7.94. The maximum absolute atomic E-state index is 12.0. The predicted octanol–water partition coefficient (Wildman–Crippen LogP) is 2.45. The van der Waals surface area contributed by atoms with Gasteiger partial charge < -0.3 is 11.1 Å². The molecule has 1 unspecified atom stereocenters. The summed E-state index contributed by atoms with van der Waals surface area (Å²) in [4.78, 5) is 12.0. The number of nitrogens with one attached hydrogen (secondary N) is 1. The predicted molar refractivity (Wildman–Crippen MR) is 69.7 cm³/mol. The largest absolute Gasteiger partial charge is 0.324 e. The van der Waals surface area contributed by atoms with Gasteiger partial charge in [0.25, 0.3) is 0 Å². The minimum absolute atomic E-state index is 0.0498. The van der Waals surface area contributed by atoms with Gasteiger partial charge in [0.15, 0.2) is 0 Å². The second kappa shape index (κ2) is 5.32. The van der Waals surface area contributed by atoms with Gasteiger partial charge in [-0.05, 0) is 37.3 Å². The van der Waals surface area contributed by atoms with Gasteiger partial charge >= 0.3 is 0 Å². The lowest BCUT2D eigenvalue weighted by molar-refractivity contribution is -0.118. The summed E-state index contributed by atoms with van der Waals surface area (Å²) < 4.78 is 0. The summed E-state index contributed by atoms with van der Waals surface area (Å²) in [7, 11) is 0. The van der Waals surface area contributed by atoms with Crippen LogP contribution in [0, 0.1) is 12.8 Å². The molecule has 0 aromatic heterocycles. The van der Waals surface area contributed by atoms with Crippen molar-refractivity contribution in [3.05, 3.63) is 29.8 Å². The molecule has 3 nitrogen and oxygen atoms in total. The number of nitrogens with two attached hydrogens (primary N) is 1. The number of anilines is 1. The average molecular weight is 232 g/mol. The highest BCUT2D eigenvalue weighted by Crippen LogP contribution is 2.27. The highest BCUT2D eigenvalue weighted by molar-refractivity contribution is 5.95. The van der Waals surface area contributed by atoms with Gasteiger partial charge in [-0.3, -0.25) is 4.79 Å². The van der Waals surface area contributed by atoms with E-state index in [1.165, 1.54) is 12.8 Å². The Balaban J connectivity index is 1.99. The van der Waals surface area contributed by atoms with E-state index in [-0.39, 0.29) is 11.9 Å². The van der Waals surface area contributed by atoms with Crippen LogP contribution in [0.4, 0.5) is 5.69 Å². The van der Waals surface area contributed by atoms with Crippen LogP contribution >= 0.6 is 0 Å². The molecule has 1 saturated carbocycles. The Kier molecular flexibility index (Phi) is 3.79. The minimum Gasteiger partial charge on any atom is -0.324 e. The summed E-state index contributed by atoms with van der Waals surface area (Å²) >= 11 is 0. The molecule has 1 aliphatic carbocycles. The summed E-state index contributed by atoms with van der Waals surface area (Å²) in [6.07, 6.45) is 4.58. The second-order valence-electron chi connectivity index (χ2n) is 4.87. The van der Waals surface area contributed by atoms with Gasteiger partial charge in [0, 0.05) is 5.69 Å². The first-order valence-corrected chi connectivity index (χ1v) is 6.30. The molecule has 0 radical (unpaired) electrons. The molecule has 1 aromatic rings. The van der Waals surface area contributed by atoms with E-state index < -0.39 is 0 Å². The molecule has 0 spiro atoms. The molecule has 0 saturated heterocycles. The first-order chi connectivity index (χ1) is 8.18. The van der Waals surface area contributed by atoms with Crippen LogP contribution in [0.25, 0.3) is 0 Å². The van der Waals surface area contributed by atoms with Gasteiger partial charge in [-0.1, -0.05) is 31.0 Å². The standard InChI is InChI=1S/C14H20N2O/c1-10-6-2-5-9-12(10)16-14(17)13(15)11-7-3-4-8-11/h2,5-6,9,11,13H,3-4,7-8,15H2,1H3,(H,16,17). The molecule has 1 amide bonds. The Bertz CT molecular complexity index is 397. The van der Waals surface area contributed by atoms with E-state index in [1.54, 1.807) is 0 Å². The third-order valence-electron chi connectivity index (χ3n) is 3.61. The number of amides is 1. The van der Waals surface area contributed by atoms with E-state index >= 15 is 0 Å². The number of para-hydroxylation sites is 1. The summed E-state index contributed by atoms with van der Waals surface area (Å²) in [5.74, 6) is 0.310. The fraction of sp³-hybridized carbons (Fsp3) is 0.500. The number of hydrogen-bond donors (Lipinski definition) is 2. The van der Waals surface area contributed by atoms with Crippen molar-refractivity contribution in [2.75, 3.05) is 5.32 Å².